The van der Waals surface area contributed by atoms with Gasteiger partial charge in [-0.05, 0) is 37.5 Å². The summed E-state index contributed by atoms with van der Waals surface area (Å²) < 4.78 is 5.51. The molecule has 0 saturated carbocycles. The molecule has 0 aliphatic carbocycles. The number of methoxy groups -OCH3 is 1. The Balaban J connectivity index is 1.67. The highest BCUT2D eigenvalue weighted by Gasteiger charge is 2.25. The second-order valence-corrected chi connectivity index (χ2v) is 7.66. The molecule has 1 heterocycles. The Morgan fingerprint density at radius 2 is 1.97 bits per heavy atom. The summed E-state index contributed by atoms with van der Waals surface area (Å²) in [7, 11) is 1.59. The summed E-state index contributed by atoms with van der Waals surface area (Å²) in [6.07, 6.45) is 3.30. The van der Waals surface area contributed by atoms with E-state index in [9.17, 15) is 9.59 Å². The van der Waals surface area contributed by atoms with E-state index in [4.69, 9.17) is 4.74 Å². The molecule has 6 nitrogen and oxygen atoms in total. The average Bonchev–Trinajstić information content (AvgIpc) is 3.19. The number of rotatable bonds is 9. The quantitative estimate of drug-likeness (QED) is 0.649. The van der Waals surface area contributed by atoms with E-state index >= 15 is 0 Å². The SMILES string of the molecule is CCC[C@H](NC(=O)[C@H](C)Nc1ccc(N2CCCC2=O)c(OC)c1)c1ccccc1. The van der Waals surface area contributed by atoms with Crippen molar-refractivity contribution in [2.24, 2.45) is 0 Å². The molecule has 0 radical (unpaired) electrons. The van der Waals surface area contributed by atoms with Crippen LogP contribution in [0.1, 0.15) is 51.1 Å². The molecule has 2 N–H and O–H groups in total. The standard InChI is InChI=1S/C24H31N3O3/c1-4-9-20(18-10-6-5-7-11-18)26-24(29)17(2)25-19-13-14-21(22(16-19)30-3)27-15-8-12-23(27)28/h5-7,10-11,13-14,16-17,20,25H,4,8-9,12,15H2,1-3H3,(H,26,29)/t17-,20-/m0/s1. The fourth-order valence-corrected chi connectivity index (χ4v) is 3.80. The van der Waals surface area contributed by atoms with E-state index in [2.05, 4.69) is 17.6 Å². The summed E-state index contributed by atoms with van der Waals surface area (Å²) in [4.78, 5) is 26.6. The normalized spacial score (nSPS) is 15.6. The largest absolute Gasteiger partial charge is 0.494 e. The van der Waals surface area contributed by atoms with Gasteiger partial charge in [-0.3, -0.25) is 9.59 Å². The summed E-state index contributed by atoms with van der Waals surface area (Å²) in [6, 6.07) is 15.2. The lowest BCUT2D eigenvalue weighted by Crippen LogP contribution is -2.39. The first-order valence-corrected chi connectivity index (χ1v) is 10.6. The molecule has 2 amide bonds. The van der Waals surface area contributed by atoms with Crippen molar-refractivity contribution in [2.75, 3.05) is 23.9 Å². The third-order valence-electron chi connectivity index (χ3n) is 5.42. The number of anilines is 2. The number of hydrogen-bond donors (Lipinski definition) is 2. The number of amides is 2. The van der Waals surface area contributed by atoms with Crippen molar-refractivity contribution in [1.82, 2.24) is 5.32 Å². The highest BCUT2D eigenvalue weighted by Crippen LogP contribution is 2.34. The van der Waals surface area contributed by atoms with E-state index in [1.807, 2.05) is 55.5 Å². The minimum atomic E-state index is -0.419. The Morgan fingerprint density at radius 1 is 1.20 bits per heavy atom. The summed E-state index contributed by atoms with van der Waals surface area (Å²) in [5.41, 5.74) is 2.66. The number of hydrogen-bond acceptors (Lipinski definition) is 4. The van der Waals surface area contributed by atoms with Gasteiger partial charge in [-0.15, -0.1) is 0 Å². The van der Waals surface area contributed by atoms with Crippen LogP contribution in [0, 0.1) is 0 Å². The van der Waals surface area contributed by atoms with Gasteiger partial charge in [0.2, 0.25) is 11.8 Å². The molecule has 1 saturated heterocycles. The maximum atomic E-state index is 12.8. The summed E-state index contributed by atoms with van der Waals surface area (Å²) in [5.74, 6) is 0.677. The van der Waals surface area contributed by atoms with E-state index in [0.717, 1.165) is 36.2 Å². The number of carbonyl (C=O) groups is 2. The Hall–Kier alpha value is -3.02. The molecule has 0 unspecified atom stereocenters. The topological polar surface area (TPSA) is 70.7 Å². The van der Waals surface area contributed by atoms with Crippen molar-refractivity contribution in [3.05, 3.63) is 54.1 Å². The summed E-state index contributed by atoms with van der Waals surface area (Å²) in [6.45, 7) is 4.66. The predicted octanol–water partition coefficient (Wildman–Crippen LogP) is 4.28. The van der Waals surface area contributed by atoms with Crippen LogP contribution in [-0.2, 0) is 9.59 Å². The number of nitrogens with one attached hydrogen (secondary N) is 2. The molecular formula is C24H31N3O3. The van der Waals surface area contributed by atoms with Crippen LogP contribution in [0.15, 0.2) is 48.5 Å². The van der Waals surface area contributed by atoms with Crippen molar-refractivity contribution in [3.63, 3.8) is 0 Å². The molecule has 2 atom stereocenters. The minimum Gasteiger partial charge on any atom is -0.494 e. The molecule has 3 rings (SSSR count). The van der Waals surface area contributed by atoms with Crippen LogP contribution < -0.4 is 20.3 Å². The Morgan fingerprint density at radius 3 is 2.60 bits per heavy atom. The van der Waals surface area contributed by atoms with Crippen LogP contribution in [0.4, 0.5) is 11.4 Å². The number of benzene rings is 2. The molecule has 0 spiro atoms. The van der Waals surface area contributed by atoms with Crippen LogP contribution in [-0.4, -0.2) is 31.5 Å². The van der Waals surface area contributed by atoms with E-state index in [1.54, 1.807) is 12.0 Å². The van der Waals surface area contributed by atoms with Crippen LogP contribution >= 0.6 is 0 Å². The lowest BCUT2D eigenvalue weighted by molar-refractivity contribution is -0.122. The zero-order valence-electron chi connectivity index (χ0n) is 18.0. The maximum absolute atomic E-state index is 12.8. The van der Waals surface area contributed by atoms with Crippen molar-refractivity contribution in [3.8, 4) is 5.75 Å². The zero-order valence-corrected chi connectivity index (χ0v) is 18.0. The van der Waals surface area contributed by atoms with Crippen molar-refractivity contribution >= 4 is 23.2 Å². The van der Waals surface area contributed by atoms with Gasteiger partial charge in [-0.2, -0.15) is 0 Å². The second kappa shape index (κ2) is 10.1. The van der Waals surface area contributed by atoms with Crippen molar-refractivity contribution in [2.45, 2.75) is 51.6 Å². The van der Waals surface area contributed by atoms with Gasteiger partial charge >= 0.3 is 0 Å². The highest BCUT2D eigenvalue weighted by atomic mass is 16.5. The van der Waals surface area contributed by atoms with Gasteiger partial charge in [0.15, 0.2) is 0 Å². The fraction of sp³-hybridized carbons (Fsp3) is 0.417. The molecule has 160 valence electrons. The fourth-order valence-electron chi connectivity index (χ4n) is 3.80. The van der Waals surface area contributed by atoms with Gasteiger partial charge in [0, 0.05) is 24.7 Å². The van der Waals surface area contributed by atoms with E-state index in [0.29, 0.717) is 18.7 Å². The molecule has 6 heteroatoms. The van der Waals surface area contributed by atoms with Gasteiger partial charge in [0.05, 0.1) is 18.8 Å². The Kier molecular flexibility index (Phi) is 7.33. The van der Waals surface area contributed by atoms with Crippen LogP contribution in [0.25, 0.3) is 0 Å². The Labute approximate surface area is 178 Å². The van der Waals surface area contributed by atoms with Crippen molar-refractivity contribution in [1.29, 1.82) is 0 Å². The van der Waals surface area contributed by atoms with E-state index in [1.165, 1.54) is 0 Å². The van der Waals surface area contributed by atoms with Gasteiger partial charge in [0.25, 0.3) is 0 Å². The number of ether oxygens (including phenoxy) is 1. The number of carbonyl (C=O) groups excluding carboxylic acids is 2. The smallest absolute Gasteiger partial charge is 0.242 e. The molecule has 0 bridgehead atoms. The summed E-state index contributed by atoms with van der Waals surface area (Å²) in [5, 5.41) is 6.41. The van der Waals surface area contributed by atoms with Gasteiger partial charge in [-0.1, -0.05) is 43.7 Å². The Bertz CT molecular complexity index is 869. The van der Waals surface area contributed by atoms with Crippen LogP contribution in [0.3, 0.4) is 0 Å². The maximum Gasteiger partial charge on any atom is 0.242 e. The molecule has 2 aromatic carbocycles. The third-order valence-corrected chi connectivity index (χ3v) is 5.42. The lowest BCUT2D eigenvalue weighted by atomic mass is 10.0. The molecule has 30 heavy (non-hydrogen) atoms. The average molecular weight is 410 g/mol. The van der Waals surface area contributed by atoms with E-state index < -0.39 is 6.04 Å². The zero-order chi connectivity index (χ0) is 21.5. The highest BCUT2D eigenvalue weighted by molar-refractivity contribution is 5.97. The molecule has 1 fully saturated rings. The first-order chi connectivity index (χ1) is 14.5. The number of nitrogens with zero attached hydrogens (tertiary/aromatic N) is 1. The van der Waals surface area contributed by atoms with Gasteiger partial charge in [0.1, 0.15) is 11.8 Å². The van der Waals surface area contributed by atoms with Gasteiger partial charge < -0.3 is 20.3 Å². The molecule has 2 aromatic rings. The molecule has 0 aromatic heterocycles. The van der Waals surface area contributed by atoms with Gasteiger partial charge in [-0.25, -0.2) is 0 Å². The first-order valence-electron chi connectivity index (χ1n) is 10.6. The molecule has 1 aliphatic heterocycles. The van der Waals surface area contributed by atoms with Crippen LogP contribution in [0.2, 0.25) is 0 Å². The van der Waals surface area contributed by atoms with Crippen LogP contribution in [0.5, 0.6) is 5.75 Å². The van der Waals surface area contributed by atoms with Crippen molar-refractivity contribution < 1.29 is 14.3 Å². The predicted molar refractivity (Wildman–Crippen MR) is 120 cm³/mol. The molecule has 1 aliphatic rings. The molecular weight excluding hydrogens is 378 g/mol. The lowest BCUT2D eigenvalue weighted by Gasteiger charge is -2.23. The first kappa shape index (κ1) is 21.7. The second-order valence-electron chi connectivity index (χ2n) is 7.66. The summed E-state index contributed by atoms with van der Waals surface area (Å²) >= 11 is 0. The minimum absolute atomic E-state index is 0.00830. The third kappa shape index (κ3) is 5.12. The monoisotopic (exact) mass is 409 g/mol. The van der Waals surface area contributed by atoms with E-state index in [-0.39, 0.29) is 17.9 Å².